The van der Waals surface area contributed by atoms with Crippen molar-refractivity contribution in [1.29, 1.82) is 0 Å². The van der Waals surface area contributed by atoms with Gasteiger partial charge in [-0.3, -0.25) is 4.79 Å². The van der Waals surface area contributed by atoms with E-state index in [0.717, 1.165) is 5.56 Å². The Morgan fingerprint density at radius 1 is 1.08 bits per heavy atom. The normalized spacial score (nSPS) is 14.7. The largest absolute Gasteiger partial charge is 0.384 e. The summed E-state index contributed by atoms with van der Waals surface area (Å²) in [5.41, 5.74) is 0.601. The summed E-state index contributed by atoms with van der Waals surface area (Å²) < 4.78 is 0. The third-order valence-corrected chi connectivity index (χ3v) is 4.48. The van der Waals surface area contributed by atoms with Gasteiger partial charge in [-0.25, -0.2) is 0 Å². The van der Waals surface area contributed by atoms with Crippen molar-refractivity contribution in [2.24, 2.45) is 5.92 Å². The Balaban J connectivity index is 1.91. The molecule has 2 aromatic rings. The van der Waals surface area contributed by atoms with Gasteiger partial charge in [-0.15, -0.1) is 0 Å². The molecule has 0 radical (unpaired) electrons. The molecule has 24 heavy (non-hydrogen) atoms. The second-order valence-corrected chi connectivity index (χ2v) is 7.10. The summed E-state index contributed by atoms with van der Waals surface area (Å²) >= 11 is 11.7. The Kier molecular flexibility index (Phi) is 6.27. The standard InChI is InChI=1S/C19H21Cl2NO2/c1-13(11-14-3-7-16(20)8-4-14)18(23)22-12-19(2,24)15-5-9-17(21)10-6-15/h3-10,13,24H,11-12H2,1-2H3,(H,22,23). The van der Waals surface area contributed by atoms with Gasteiger partial charge < -0.3 is 10.4 Å². The van der Waals surface area contributed by atoms with Gasteiger partial charge in [-0.1, -0.05) is 54.4 Å². The van der Waals surface area contributed by atoms with E-state index in [0.29, 0.717) is 22.0 Å². The van der Waals surface area contributed by atoms with Gasteiger partial charge >= 0.3 is 0 Å². The number of carbonyl (C=O) groups excluding carboxylic acids is 1. The predicted octanol–water partition coefficient (Wildman–Crippen LogP) is 4.20. The molecule has 128 valence electrons. The van der Waals surface area contributed by atoms with E-state index < -0.39 is 5.60 Å². The second kappa shape index (κ2) is 8.02. The molecule has 0 aliphatic carbocycles. The monoisotopic (exact) mass is 365 g/mol. The van der Waals surface area contributed by atoms with E-state index in [2.05, 4.69) is 5.32 Å². The molecule has 5 heteroatoms. The van der Waals surface area contributed by atoms with Crippen LogP contribution in [0, 0.1) is 5.92 Å². The molecule has 2 aromatic carbocycles. The van der Waals surface area contributed by atoms with E-state index >= 15 is 0 Å². The first-order valence-corrected chi connectivity index (χ1v) is 8.54. The minimum absolute atomic E-state index is 0.0980. The maximum absolute atomic E-state index is 12.3. The number of benzene rings is 2. The molecule has 0 heterocycles. The minimum atomic E-state index is -1.15. The lowest BCUT2D eigenvalue weighted by atomic mass is 9.95. The Bertz CT molecular complexity index is 682. The lowest BCUT2D eigenvalue weighted by Crippen LogP contribution is -2.41. The van der Waals surface area contributed by atoms with Crippen LogP contribution >= 0.6 is 23.2 Å². The van der Waals surface area contributed by atoms with Crippen LogP contribution in [0.2, 0.25) is 10.0 Å². The molecule has 0 fully saturated rings. The molecule has 0 spiro atoms. The van der Waals surface area contributed by atoms with Crippen LogP contribution in [-0.4, -0.2) is 17.6 Å². The van der Waals surface area contributed by atoms with Gasteiger partial charge in [0, 0.05) is 16.0 Å². The first kappa shape index (κ1) is 18.8. The topological polar surface area (TPSA) is 49.3 Å². The van der Waals surface area contributed by atoms with Gasteiger partial charge in [0.2, 0.25) is 5.91 Å². The van der Waals surface area contributed by atoms with Crippen molar-refractivity contribution in [2.75, 3.05) is 6.54 Å². The zero-order valence-electron chi connectivity index (χ0n) is 13.7. The average Bonchev–Trinajstić information content (AvgIpc) is 2.55. The van der Waals surface area contributed by atoms with Crippen LogP contribution in [0.25, 0.3) is 0 Å². The zero-order valence-corrected chi connectivity index (χ0v) is 15.2. The molecule has 0 aliphatic heterocycles. The molecule has 3 nitrogen and oxygen atoms in total. The summed E-state index contributed by atoms with van der Waals surface area (Å²) in [5, 5.41) is 14.7. The lowest BCUT2D eigenvalue weighted by molar-refractivity contribution is -0.125. The van der Waals surface area contributed by atoms with E-state index in [1.54, 1.807) is 31.2 Å². The summed E-state index contributed by atoms with van der Waals surface area (Å²) in [7, 11) is 0. The van der Waals surface area contributed by atoms with Crippen LogP contribution < -0.4 is 5.32 Å². The van der Waals surface area contributed by atoms with Gasteiger partial charge in [-0.2, -0.15) is 0 Å². The molecule has 1 amide bonds. The predicted molar refractivity (Wildman–Crippen MR) is 98.4 cm³/mol. The molecule has 0 aromatic heterocycles. The average molecular weight is 366 g/mol. The van der Waals surface area contributed by atoms with Crippen molar-refractivity contribution >= 4 is 29.1 Å². The Hall–Kier alpha value is -1.55. The quantitative estimate of drug-likeness (QED) is 0.805. The summed E-state index contributed by atoms with van der Waals surface area (Å²) in [6.45, 7) is 3.67. The fraction of sp³-hybridized carbons (Fsp3) is 0.316. The van der Waals surface area contributed by atoms with Gasteiger partial charge in [0.1, 0.15) is 5.60 Å². The maximum Gasteiger partial charge on any atom is 0.223 e. The first-order chi connectivity index (χ1) is 11.3. The number of rotatable bonds is 6. The summed E-state index contributed by atoms with van der Waals surface area (Å²) in [5.74, 6) is -0.300. The molecule has 2 unspecified atom stereocenters. The van der Waals surface area contributed by atoms with Crippen molar-refractivity contribution in [3.63, 3.8) is 0 Å². The summed E-state index contributed by atoms with van der Waals surface area (Å²) in [6.07, 6.45) is 0.617. The third-order valence-electron chi connectivity index (χ3n) is 3.98. The molecule has 0 saturated carbocycles. The molecule has 2 N–H and O–H groups in total. The van der Waals surface area contributed by atoms with Crippen molar-refractivity contribution in [3.8, 4) is 0 Å². The van der Waals surface area contributed by atoms with Crippen LogP contribution in [0.3, 0.4) is 0 Å². The Morgan fingerprint density at radius 2 is 1.58 bits per heavy atom. The lowest BCUT2D eigenvalue weighted by Gasteiger charge is -2.25. The number of aliphatic hydroxyl groups is 1. The smallest absolute Gasteiger partial charge is 0.223 e. The number of carbonyl (C=O) groups is 1. The van der Waals surface area contributed by atoms with Crippen LogP contribution in [0.1, 0.15) is 25.0 Å². The highest BCUT2D eigenvalue weighted by atomic mass is 35.5. The number of nitrogens with one attached hydrogen (secondary N) is 1. The highest BCUT2D eigenvalue weighted by Gasteiger charge is 2.25. The van der Waals surface area contributed by atoms with Crippen LogP contribution in [0.4, 0.5) is 0 Å². The fourth-order valence-electron chi connectivity index (χ4n) is 2.41. The zero-order chi connectivity index (χ0) is 17.7. The Morgan fingerprint density at radius 3 is 2.12 bits per heavy atom. The van der Waals surface area contributed by atoms with Crippen molar-refractivity contribution in [2.45, 2.75) is 25.9 Å². The molecule has 2 atom stereocenters. The second-order valence-electron chi connectivity index (χ2n) is 6.23. The molecular formula is C19H21Cl2NO2. The van der Waals surface area contributed by atoms with Gasteiger partial charge in [0.05, 0.1) is 6.54 Å². The summed E-state index contributed by atoms with van der Waals surface area (Å²) in [6, 6.07) is 14.4. The minimum Gasteiger partial charge on any atom is -0.384 e. The van der Waals surface area contributed by atoms with E-state index in [4.69, 9.17) is 23.2 Å². The molecule has 0 saturated heterocycles. The Labute approximate surface area is 152 Å². The third kappa shape index (κ3) is 5.23. The number of hydrogen-bond acceptors (Lipinski definition) is 2. The number of hydrogen-bond donors (Lipinski definition) is 2. The fourth-order valence-corrected chi connectivity index (χ4v) is 2.66. The van der Waals surface area contributed by atoms with Crippen molar-refractivity contribution in [1.82, 2.24) is 5.32 Å². The van der Waals surface area contributed by atoms with Gasteiger partial charge in [0.25, 0.3) is 0 Å². The molecular weight excluding hydrogens is 345 g/mol. The van der Waals surface area contributed by atoms with Gasteiger partial charge in [-0.05, 0) is 48.7 Å². The number of amides is 1. The first-order valence-electron chi connectivity index (χ1n) is 7.78. The van der Waals surface area contributed by atoms with Crippen LogP contribution in [0.15, 0.2) is 48.5 Å². The van der Waals surface area contributed by atoms with Crippen molar-refractivity contribution in [3.05, 3.63) is 69.7 Å². The van der Waals surface area contributed by atoms with E-state index in [9.17, 15) is 9.90 Å². The maximum atomic E-state index is 12.3. The summed E-state index contributed by atoms with van der Waals surface area (Å²) in [4.78, 5) is 12.3. The van der Waals surface area contributed by atoms with Crippen LogP contribution in [-0.2, 0) is 16.8 Å². The van der Waals surface area contributed by atoms with E-state index in [-0.39, 0.29) is 18.4 Å². The highest BCUT2D eigenvalue weighted by Crippen LogP contribution is 2.22. The molecule has 2 rings (SSSR count). The molecule has 0 bridgehead atoms. The number of halogens is 2. The van der Waals surface area contributed by atoms with Crippen molar-refractivity contribution < 1.29 is 9.90 Å². The van der Waals surface area contributed by atoms with Gasteiger partial charge in [0.15, 0.2) is 0 Å². The highest BCUT2D eigenvalue weighted by molar-refractivity contribution is 6.30. The SMILES string of the molecule is CC(Cc1ccc(Cl)cc1)C(=O)NCC(C)(O)c1ccc(Cl)cc1. The van der Waals surface area contributed by atoms with E-state index in [1.807, 2.05) is 31.2 Å². The van der Waals surface area contributed by atoms with E-state index in [1.165, 1.54) is 0 Å². The van der Waals surface area contributed by atoms with Crippen LogP contribution in [0.5, 0.6) is 0 Å². The molecule has 0 aliphatic rings.